The predicted molar refractivity (Wildman–Crippen MR) is 106 cm³/mol. The lowest BCUT2D eigenvalue weighted by Crippen LogP contribution is -2.47. The van der Waals surface area contributed by atoms with Crippen molar-refractivity contribution in [2.75, 3.05) is 26.2 Å². The van der Waals surface area contributed by atoms with E-state index in [9.17, 15) is 9.59 Å². The molecular weight excluding hydrogens is 336 g/mol. The van der Waals surface area contributed by atoms with Crippen LogP contribution in [0.2, 0.25) is 0 Å². The van der Waals surface area contributed by atoms with Crippen LogP contribution in [-0.2, 0) is 9.59 Å². The fourth-order valence-electron chi connectivity index (χ4n) is 5.21. The van der Waals surface area contributed by atoms with Crippen molar-refractivity contribution in [3.63, 3.8) is 0 Å². The highest BCUT2D eigenvalue weighted by molar-refractivity contribution is 5.81. The Labute approximate surface area is 162 Å². The van der Waals surface area contributed by atoms with Gasteiger partial charge in [0.25, 0.3) is 0 Å². The average Bonchev–Trinajstić information content (AvgIpc) is 3.28. The van der Waals surface area contributed by atoms with Crippen molar-refractivity contribution in [2.24, 2.45) is 11.8 Å². The van der Waals surface area contributed by atoms with Crippen molar-refractivity contribution in [3.8, 4) is 0 Å². The smallest absolute Gasteiger partial charge is 0.225 e. The van der Waals surface area contributed by atoms with Crippen LogP contribution in [0.15, 0.2) is 30.3 Å². The van der Waals surface area contributed by atoms with Gasteiger partial charge in [-0.05, 0) is 44.1 Å². The fourth-order valence-corrected chi connectivity index (χ4v) is 5.21. The van der Waals surface area contributed by atoms with E-state index in [1.807, 2.05) is 4.90 Å². The highest BCUT2D eigenvalue weighted by atomic mass is 16.2. The maximum atomic E-state index is 13.1. The molecule has 4 rings (SSSR count). The summed E-state index contributed by atoms with van der Waals surface area (Å²) in [6.45, 7) is 3.27. The molecule has 2 saturated heterocycles. The number of nitrogens with zero attached hydrogens (tertiary/aromatic N) is 2. The minimum absolute atomic E-state index is 0.104. The zero-order chi connectivity index (χ0) is 18.6. The van der Waals surface area contributed by atoms with Crippen LogP contribution in [0.3, 0.4) is 0 Å². The molecule has 0 aromatic heterocycles. The Kier molecular flexibility index (Phi) is 5.80. The Morgan fingerprint density at radius 2 is 1.33 bits per heavy atom. The molecule has 1 saturated carbocycles. The Bertz CT molecular complexity index is 646. The van der Waals surface area contributed by atoms with Gasteiger partial charge in [0.15, 0.2) is 0 Å². The van der Waals surface area contributed by atoms with Gasteiger partial charge in [-0.15, -0.1) is 0 Å². The Morgan fingerprint density at radius 3 is 2.04 bits per heavy atom. The molecule has 0 spiro atoms. The van der Waals surface area contributed by atoms with E-state index < -0.39 is 0 Å². The van der Waals surface area contributed by atoms with Gasteiger partial charge in [-0.2, -0.15) is 0 Å². The second kappa shape index (κ2) is 8.45. The summed E-state index contributed by atoms with van der Waals surface area (Å²) >= 11 is 0. The van der Waals surface area contributed by atoms with Crippen LogP contribution < -0.4 is 0 Å². The van der Waals surface area contributed by atoms with Gasteiger partial charge in [-0.1, -0.05) is 43.2 Å². The van der Waals surface area contributed by atoms with Crippen molar-refractivity contribution < 1.29 is 9.59 Å². The first-order chi connectivity index (χ1) is 13.2. The van der Waals surface area contributed by atoms with E-state index in [2.05, 4.69) is 35.2 Å². The molecule has 146 valence electrons. The number of rotatable bonds is 3. The molecule has 1 aliphatic carbocycles. The third-order valence-corrected chi connectivity index (χ3v) is 6.86. The number of likely N-dealkylation sites (tertiary alicyclic amines) is 2. The van der Waals surface area contributed by atoms with Crippen molar-refractivity contribution in [3.05, 3.63) is 35.9 Å². The van der Waals surface area contributed by atoms with Crippen LogP contribution in [0, 0.1) is 11.8 Å². The van der Waals surface area contributed by atoms with Crippen LogP contribution in [0.5, 0.6) is 0 Å². The summed E-state index contributed by atoms with van der Waals surface area (Å²) in [7, 11) is 0. The number of carbonyl (C=O) groups is 2. The number of carbonyl (C=O) groups excluding carboxylic acids is 2. The summed E-state index contributed by atoms with van der Waals surface area (Å²) in [6.07, 6.45) is 8.45. The number of hydrogen-bond acceptors (Lipinski definition) is 2. The SMILES string of the molecule is O=C(C1CCCC1)N1CCC(C(=O)N2CCC[C@H](c3ccccc3)C2)CC1. The molecule has 0 N–H and O–H groups in total. The number of amides is 2. The van der Waals surface area contributed by atoms with Gasteiger partial charge >= 0.3 is 0 Å². The number of benzene rings is 1. The highest BCUT2D eigenvalue weighted by Crippen LogP contribution is 2.31. The largest absolute Gasteiger partial charge is 0.342 e. The van der Waals surface area contributed by atoms with Crippen LogP contribution in [0.25, 0.3) is 0 Å². The molecule has 2 amide bonds. The maximum Gasteiger partial charge on any atom is 0.225 e. The minimum Gasteiger partial charge on any atom is -0.342 e. The van der Waals surface area contributed by atoms with Crippen LogP contribution in [-0.4, -0.2) is 47.8 Å². The lowest BCUT2D eigenvalue weighted by molar-refractivity contribution is -0.143. The van der Waals surface area contributed by atoms with Gasteiger partial charge in [-0.25, -0.2) is 0 Å². The molecule has 4 nitrogen and oxygen atoms in total. The molecule has 2 heterocycles. The summed E-state index contributed by atoms with van der Waals surface area (Å²) in [6, 6.07) is 10.6. The first kappa shape index (κ1) is 18.5. The predicted octanol–water partition coefficient (Wildman–Crippen LogP) is 3.82. The Balaban J connectivity index is 1.30. The van der Waals surface area contributed by atoms with E-state index in [4.69, 9.17) is 0 Å². The fraction of sp³-hybridized carbons (Fsp3) is 0.652. The topological polar surface area (TPSA) is 40.6 Å². The standard InChI is InChI=1S/C23H32N2O2/c26-22(19-9-4-5-10-19)24-15-12-20(13-16-24)23(27)25-14-6-11-21(17-25)18-7-2-1-3-8-18/h1-3,7-8,19-21H,4-6,9-17H2/t21-/m0/s1. The molecule has 1 aromatic carbocycles. The second-order valence-corrected chi connectivity index (χ2v) is 8.62. The van der Waals surface area contributed by atoms with Crippen molar-refractivity contribution in [1.82, 2.24) is 9.80 Å². The third-order valence-electron chi connectivity index (χ3n) is 6.86. The molecule has 0 unspecified atom stereocenters. The summed E-state index contributed by atoms with van der Waals surface area (Å²) in [4.78, 5) is 29.8. The van der Waals surface area contributed by atoms with E-state index in [1.54, 1.807) is 0 Å². The first-order valence-electron chi connectivity index (χ1n) is 10.8. The monoisotopic (exact) mass is 368 g/mol. The van der Waals surface area contributed by atoms with Crippen molar-refractivity contribution in [1.29, 1.82) is 0 Å². The normalized spacial score (nSPS) is 25.0. The van der Waals surface area contributed by atoms with E-state index >= 15 is 0 Å². The van der Waals surface area contributed by atoms with E-state index in [0.717, 1.165) is 58.3 Å². The van der Waals surface area contributed by atoms with E-state index in [0.29, 0.717) is 17.7 Å². The quantitative estimate of drug-likeness (QED) is 0.814. The van der Waals surface area contributed by atoms with Gasteiger partial charge in [0.05, 0.1) is 0 Å². The van der Waals surface area contributed by atoms with Crippen LogP contribution >= 0.6 is 0 Å². The van der Waals surface area contributed by atoms with Crippen LogP contribution in [0.1, 0.15) is 62.8 Å². The number of piperidine rings is 2. The van der Waals surface area contributed by atoms with Crippen molar-refractivity contribution >= 4 is 11.8 Å². The molecule has 0 bridgehead atoms. The summed E-state index contributed by atoms with van der Waals surface area (Å²) in [5, 5.41) is 0. The summed E-state index contributed by atoms with van der Waals surface area (Å²) < 4.78 is 0. The Morgan fingerprint density at radius 1 is 0.704 bits per heavy atom. The van der Waals surface area contributed by atoms with Gasteiger partial charge in [0, 0.05) is 43.9 Å². The maximum absolute atomic E-state index is 13.1. The highest BCUT2D eigenvalue weighted by Gasteiger charge is 2.34. The van der Waals surface area contributed by atoms with E-state index in [1.165, 1.54) is 24.8 Å². The summed E-state index contributed by atoms with van der Waals surface area (Å²) in [5.74, 6) is 1.50. The third kappa shape index (κ3) is 4.20. The molecule has 0 radical (unpaired) electrons. The van der Waals surface area contributed by atoms with Crippen molar-refractivity contribution in [2.45, 2.75) is 57.3 Å². The molecule has 1 atom stereocenters. The molecule has 1 aromatic rings. The minimum atomic E-state index is 0.104. The lowest BCUT2D eigenvalue weighted by atomic mass is 9.88. The molecule has 27 heavy (non-hydrogen) atoms. The van der Waals surface area contributed by atoms with Gasteiger partial charge in [0.1, 0.15) is 0 Å². The molecule has 2 aliphatic heterocycles. The van der Waals surface area contributed by atoms with Gasteiger partial charge in [-0.3, -0.25) is 9.59 Å². The lowest BCUT2D eigenvalue weighted by Gasteiger charge is -2.38. The average molecular weight is 369 g/mol. The second-order valence-electron chi connectivity index (χ2n) is 8.62. The summed E-state index contributed by atoms with van der Waals surface area (Å²) in [5.41, 5.74) is 1.35. The zero-order valence-electron chi connectivity index (χ0n) is 16.3. The Hall–Kier alpha value is -1.84. The van der Waals surface area contributed by atoms with Gasteiger partial charge in [0.2, 0.25) is 11.8 Å². The first-order valence-corrected chi connectivity index (χ1v) is 10.8. The zero-order valence-corrected chi connectivity index (χ0v) is 16.3. The molecule has 3 fully saturated rings. The van der Waals surface area contributed by atoms with E-state index in [-0.39, 0.29) is 11.8 Å². The molecular formula is C23H32N2O2. The molecule has 4 heteroatoms. The number of hydrogen-bond donors (Lipinski definition) is 0. The molecule has 3 aliphatic rings. The van der Waals surface area contributed by atoms with Gasteiger partial charge < -0.3 is 9.80 Å². The van der Waals surface area contributed by atoms with Crippen LogP contribution in [0.4, 0.5) is 0 Å².